The number of thioether (sulfide) groups is 1. The van der Waals surface area contributed by atoms with Gasteiger partial charge in [0.1, 0.15) is 17.3 Å². The lowest BCUT2D eigenvalue weighted by atomic mass is 10.2. The molecule has 1 aromatic heterocycles. The number of nitrogens with one attached hydrogen (secondary N) is 1. The van der Waals surface area contributed by atoms with E-state index in [9.17, 15) is 14.0 Å². The standard InChI is InChI=1S/C21H11Cl2FN2O4S/c22-14-4-2-11(8-13(14)20(28)29)25-21-26-19(27)18(31-21)9-12-3-6-17(30-12)10-1-5-16(24)15(23)7-10/h1-9H,(H,28,29)(H,25,26,27)/b18-9-. The summed E-state index contributed by atoms with van der Waals surface area (Å²) in [4.78, 5) is 28.1. The summed E-state index contributed by atoms with van der Waals surface area (Å²) in [5, 5.41) is 12.1. The topological polar surface area (TPSA) is 91.9 Å². The number of benzene rings is 2. The van der Waals surface area contributed by atoms with Crippen LogP contribution >= 0.6 is 35.0 Å². The number of hydrogen-bond donors (Lipinski definition) is 2. The minimum Gasteiger partial charge on any atom is -0.478 e. The summed E-state index contributed by atoms with van der Waals surface area (Å²) in [5.41, 5.74) is 0.843. The second-order valence-electron chi connectivity index (χ2n) is 6.28. The first-order chi connectivity index (χ1) is 14.8. The predicted molar refractivity (Wildman–Crippen MR) is 118 cm³/mol. The number of carboxylic acids is 1. The Labute approximate surface area is 189 Å². The van der Waals surface area contributed by atoms with Crippen LogP contribution in [0, 0.1) is 5.82 Å². The molecule has 1 aliphatic heterocycles. The van der Waals surface area contributed by atoms with Gasteiger partial charge in [-0.3, -0.25) is 4.79 Å². The van der Waals surface area contributed by atoms with Gasteiger partial charge in [0.2, 0.25) is 0 Å². The number of carbonyl (C=O) groups excluding carboxylic acids is 1. The second-order valence-corrected chi connectivity index (χ2v) is 8.13. The lowest BCUT2D eigenvalue weighted by molar-refractivity contribution is -0.115. The van der Waals surface area contributed by atoms with Gasteiger partial charge < -0.3 is 14.8 Å². The third kappa shape index (κ3) is 4.66. The van der Waals surface area contributed by atoms with Crippen LogP contribution in [0.1, 0.15) is 16.1 Å². The molecule has 0 atom stereocenters. The number of aliphatic imine (C=N–C) groups is 1. The molecule has 0 bridgehead atoms. The van der Waals surface area contributed by atoms with Crippen molar-refractivity contribution in [2.24, 2.45) is 4.99 Å². The molecule has 0 saturated carbocycles. The largest absolute Gasteiger partial charge is 0.478 e. The zero-order valence-electron chi connectivity index (χ0n) is 15.4. The Bertz CT molecular complexity index is 1290. The van der Waals surface area contributed by atoms with Crippen molar-refractivity contribution in [3.63, 3.8) is 0 Å². The van der Waals surface area contributed by atoms with Crippen molar-refractivity contribution in [2.45, 2.75) is 0 Å². The van der Waals surface area contributed by atoms with Crippen LogP contribution in [0.15, 0.2) is 62.8 Å². The maximum absolute atomic E-state index is 13.3. The van der Waals surface area contributed by atoms with Crippen molar-refractivity contribution in [1.29, 1.82) is 0 Å². The van der Waals surface area contributed by atoms with Crippen LogP contribution in [0.3, 0.4) is 0 Å². The van der Waals surface area contributed by atoms with E-state index in [1.165, 1.54) is 30.3 Å². The van der Waals surface area contributed by atoms with Crippen molar-refractivity contribution >= 4 is 63.8 Å². The summed E-state index contributed by atoms with van der Waals surface area (Å²) in [7, 11) is 0. The Morgan fingerprint density at radius 2 is 1.94 bits per heavy atom. The number of carbonyl (C=O) groups is 2. The van der Waals surface area contributed by atoms with Gasteiger partial charge in [-0.1, -0.05) is 23.2 Å². The Morgan fingerprint density at radius 1 is 1.13 bits per heavy atom. The van der Waals surface area contributed by atoms with E-state index >= 15 is 0 Å². The van der Waals surface area contributed by atoms with Gasteiger partial charge >= 0.3 is 5.97 Å². The van der Waals surface area contributed by atoms with E-state index in [-0.39, 0.29) is 26.7 Å². The lowest BCUT2D eigenvalue weighted by Gasteiger charge is -2.01. The molecule has 10 heteroatoms. The summed E-state index contributed by atoms with van der Waals surface area (Å²) < 4.78 is 19.1. The maximum atomic E-state index is 13.3. The number of amidine groups is 1. The van der Waals surface area contributed by atoms with Gasteiger partial charge in [0.25, 0.3) is 5.91 Å². The highest BCUT2D eigenvalue weighted by atomic mass is 35.5. The molecule has 31 heavy (non-hydrogen) atoms. The molecule has 1 aliphatic rings. The minimum absolute atomic E-state index is 0.0198. The number of aromatic carboxylic acids is 1. The van der Waals surface area contributed by atoms with Gasteiger partial charge in [-0.25, -0.2) is 14.2 Å². The van der Waals surface area contributed by atoms with Crippen LogP contribution in [0.25, 0.3) is 17.4 Å². The van der Waals surface area contributed by atoms with E-state index in [2.05, 4.69) is 10.3 Å². The first kappa shape index (κ1) is 21.2. The molecular formula is C21H11Cl2FN2O4S. The van der Waals surface area contributed by atoms with E-state index in [1.807, 2.05) is 0 Å². The fourth-order valence-corrected chi connectivity index (χ4v) is 3.91. The van der Waals surface area contributed by atoms with Crippen molar-refractivity contribution in [3.05, 3.63) is 80.6 Å². The summed E-state index contributed by atoms with van der Waals surface area (Å²) in [6.07, 6.45) is 1.54. The van der Waals surface area contributed by atoms with Crippen molar-refractivity contribution in [3.8, 4) is 11.3 Å². The van der Waals surface area contributed by atoms with Crippen LogP contribution in [-0.4, -0.2) is 22.2 Å². The molecule has 3 aromatic rings. The van der Waals surface area contributed by atoms with E-state index in [4.69, 9.17) is 32.7 Å². The van der Waals surface area contributed by atoms with Gasteiger partial charge in [-0.05, 0) is 60.3 Å². The van der Waals surface area contributed by atoms with E-state index < -0.39 is 11.8 Å². The highest BCUT2D eigenvalue weighted by molar-refractivity contribution is 8.18. The van der Waals surface area contributed by atoms with Crippen LogP contribution in [0.4, 0.5) is 10.1 Å². The quantitative estimate of drug-likeness (QED) is 0.451. The van der Waals surface area contributed by atoms with Gasteiger partial charge in [0.15, 0.2) is 5.17 Å². The number of rotatable bonds is 4. The van der Waals surface area contributed by atoms with Crippen molar-refractivity contribution in [1.82, 2.24) is 5.32 Å². The number of halogens is 3. The van der Waals surface area contributed by atoms with Crippen molar-refractivity contribution < 1.29 is 23.5 Å². The Hall–Kier alpha value is -3.07. The average molecular weight is 477 g/mol. The fourth-order valence-electron chi connectivity index (χ4n) is 2.71. The molecule has 1 fully saturated rings. The fraction of sp³-hybridized carbons (Fsp3) is 0. The molecule has 0 radical (unpaired) electrons. The Morgan fingerprint density at radius 3 is 2.68 bits per heavy atom. The number of nitrogens with zero attached hydrogens (tertiary/aromatic N) is 1. The molecule has 0 spiro atoms. The number of hydrogen-bond acceptors (Lipinski definition) is 5. The smallest absolute Gasteiger partial charge is 0.337 e. The molecule has 2 heterocycles. The van der Waals surface area contributed by atoms with Gasteiger partial charge in [0.05, 0.1) is 26.2 Å². The highest BCUT2D eigenvalue weighted by Crippen LogP contribution is 2.32. The van der Waals surface area contributed by atoms with Crippen LogP contribution in [-0.2, 0) is 4.79 Å². The molecular weight excluding hydrogens is 466 g/mol. The summed E-state index contributed by atoms with van der Waals surface area (Å²) in [6, 6.07) is 11.9. The van der Waals surface area contributed by atoms with Crippen molar-refractivity contribution in [2.75, 3.05) is 0 Å². The van der Waals surface area contributed by atoms with Gasteiger partial charge in [-0.2, -0.15) is 0 Å². The summed E-state index contributed by atoms with van der Waals surface area (Å²) >= 11 is 12.7. The number of carboxylic acid groups (broad SMARTS) is 1. The van der Waals surface area contributed by atoms with E-state index in [0.29, 0.717) is 27.7 Å². The number of furan rings is 1. The zero-order chi connectivity index (χ0) is 22.1. The highest BCUT2D eigenvalue weighted by Gasteiger charge is 2.24. The average Bonchev–Trinajstić information content (AvgIpc) is 3.32. The van der Waals surface area contributed by atoms with Crippen LogP contribution < -0.4 is 5.32 Å². The minimum atomic E-state index is -1.17. The van der Waals surface area contributed by atoms with E-state index in [0.717, 1.165) is 11.8 Å². The molecule has 0 aliphatic carbocycles. The monoisotopic (exact) mass is 476 g/mol. The zero-order valence-corrected chi connectivity index (χ0v) is 17.7. The molecule has 1 saturated heterocycles. The summed E-state index contributed by atoms with van der Waals surface area (Å²) in [6.45, 7) is 0. The van der Waals surface area contributed by atoms with Gasteiger partial charge in [-0.15, -0.1) is 0 Å². The third-order valence-electron chi connectivity index (χ3n) is 4.17. The number of amides is 1. The predicted octanol–water partition coefficient (Wildman–Crippen LogP) is 5.98. The molecule has 6 nitrogen and oxygen atoms in total. The van der Waals surface area contributed by atoms with Gasteiger partial charge in [0, 0.05) is 11.6 Å². The lowest BCUT2D eigenvalue weighted by Crippen LogP contribution is -2.19. The Kier molecular flexibility index (Phi) is 5.86. The third-order valence-corrected chi connectivity index (χ3v) is 5.70. The SMILES string of the molecule is O=C1NC(=Nc2ccc(Cl)c(C(=O)O)c2)S/C1=C\c1ccc(-c2ccc(F)c(Cl)c2)o1. The first-order valence-electron chi connectivity index (χ1n) is 8.68. The van der Waals surface area contributed by atoms with Crippen LogP contribution in [0.5, 0.6) is 0 Å². The second kappa shape index (κ2) is 8.58. The Balaban J connectivity index is 1.55. The molecule has 2 aromatic carbocycles. The molecule has 156 valence electrons. The summed E-state index contributed by atoms with van der Waals surface area (Å²) in [5.74, 6) is -1.20. The molecule has 0 unspecified atom stereocenters. The molecule has 2 N–H and O–H groups in total. The first-order valence-corrected chi connectivity index (χ1v) is 10.2. The maximum Gasteiger partial charge on any atom is 0.337 e. The van der Waals surface area contributed by atoms with Crippen LogP contribution in [0.2, 0.25) is 10.0 Å². The molecule has 1 amide bonds. The molecule has 4 rings (SSSR count). The normalized spacial score (nSPS) is 16.2. The van der Waals surface area contributed by atoms with E-state index in [1.54, 1.807) is 24.3 Å².